The van der Waals surface area contributed by atoms with E-state index in [0.717, 1.165) is 10.7 Å². The number of alkyl halides is 2. The Morgan fingerprint density at radius 3 is 2.75 bits per heavy atom. The number of ether oxygens (including phenoxy) is 1. The number of rotatable bonds is 6. The second-order valence-electron chi connectivity index (χ2n) is 4.20. The highest BCUT2D eigenvalue weighted by Gasteiger charge is 2.18. The second kappa shape index (κ2) is 6.74. The van der Waals surface area contributed by atoms with Gasteiger partial charge in [-0.25, -0.2) is 4.98 Å². The third kappa shape index (κ3) is 3.72. The van der Waals surface area contributed by atoms with Crippen molar-refractivity contribution in [3.8, 4) is 5.75 Å². The zero-order valence-corrected chi connectivity index (χ0v) is 11.7. The Morgan fingerprint density at radius 2 is 2.15 bits per heavy atom. The van der Waals surface area contributed by atoms with E-state index in [4.69, 9.17) is 5.84 Å². The number of nitrogens with one attached hydrogen (secondary N) is 1. The van der Waals surface area contributed by atoms with Crippen molar-refractivity contribution in [2.75, 3.05) is 0 Å². The Kier molecular flexibility index (Phi) is 4.99. The van der Waals surface area contributed by atoms with Crippen LogP contribution in [-0.4, -0.2) is 11.6 Å². The Hall–Kier alpha value is -1.57. The minimum absolute atomic E-state index is 0.123. The normalized spacial score (nSPS) is 12.7. The molecule has 1 atom stereocenters. The summed E-state index contributed by atoms with van der Waals surface area (Å²) in [5.74, 6) is 5.66. The van der Waals surface area contributed by atoms with Gasteiger partial charge in [0.2, 0.25) is 0 Å². The highest BCUT2D eigenvalue weighted by Crippen LogP contribution is 2.28. The van der Waals surface area contributed by atoms with Crippen LogP contribution in [0.25, 0.3) is 0 Å². The van der Waals surface area contributed by atoms with Gasteiger partial charge in [0.1, 0.15) is 5.75 Å². The Morgan fingerprint density at radius 1 is 1.40 bits per heavy atom. The van der Waals surface area contributed by atoms with Crippen molar-refractivity contribution in [3.63, 3.8) is 0 Å². The monoisotopic (exact) mass is 299 g/mol. The second-order valence-corrected chi connectivity index (χ2v) is 5.26. The molecule has 0 amide bonds. The predicted octanol–water partition coefficient (Wildman–Crippen LogP) is 2.80. The molecule has 0 saturated carbocycles. The van der Waals surface area contributed by atoms with E-state index in [1.54, 1.807) is 18.2 Å². The van der Waals surface area contributed by atoms with Gasteiger partial charge in [-0.3, -0.25) is 11.3 Å². The van der Waals surface area contributed by atoms with Crippen molar-refractivity contribution >= 4 is 11.3 Å². The molecule has 0 spiro atoms. The molecule has 0 aliphatic heterocycles. The number of hydrogen-bond donors (Lipinski definition) is 2. The molecule has 7 heteroatoms. The van der Waals surface area contributed by atoms with Gasteiger partial charge in [0.15, 0.2) is 0 Å². The topological polar surface area (TPSA) is 60.2 Å². The van der Waals surface area contributed by atoms with Gasteiger partial charge in [-0.1, -0.05) is 18.2 Å². The van der Waals surface area contributed by atoms with Crippen molar-refractivity contribution < 1.29 is 13.5 Å². The Labute approximate surface area is 119 Å². The fourth-order valence-electron chi connectivity index (χ4n) is 1.94. The number of benzene rings is 1. The summed E-state index contributed by atoms with van der Waals surface area (Å²) in [6.45, 7) is -0.955. The Bertz CT molecular complexity index is 562. The van der Waals surface area contributed by atoms with Gasteiger partial charge in [0, 0.05) is 17.4 Å². The van der Waals surface area contributed by atoms with Gasteiger partial charge in [0.05, 0.1) is 16.7 Å². The molecule has 0 aliphatic carbocycles. The Balaban J connectivity index is 2.22. The highest BCUT2D eigenvalue weighted by molar-refractivity contribution is 7.09. The molecule has 2 rings (SSSR count). The van der Waals surface area contributed by atoms with Crippen molar-refractivity contribution in [2.24, 2.45) is 5.84 Å². The van der Waals surface area contributed by atoms with E-state index in [1.807, 2.05) is 12.3 Å². The van der Waals surface area contributed by atoms with E-state index >= 15 is 0 Å². The first-order valence-electron chi connectivity index (χ1n) is 6.01. The molecule has 0 fully saturated rings. The van der Waals surface area contributed by atoms with Crippen LogP contribution in [0.5, 0.6) is 5.75 Å². The van der Waals surface area contributed by atoms with E-state index in [9.17, 15) is 8.78 Å². The van der Waals surface area contributed by atoms with E-state index in [-0.39, 0.29) is 11.8 Å². The molecule has 0 aliphatic rings. The number of hydrazine groups is 1. The van der Waals surface area contributed by atoms with Gasteiger partial charge in [-0.2, -0.15) is 8.78 Å². The summed E-state index contributed by atoms with van der Waals surface area (Å²) in [4.78, 5) is 4.35. The van der Waals surface area contributed by atoms with Crippen LogP contribution in [0.1, 0.15) is 22.3 Å². The largest absolute Gasteiger partial charge is 0.434 e. The summed E-state index contributed by atoms with van der Waals surface area (Å²) in [6, 6.07) is 6.26. The van der Waals surface area contributed by atoms with Crippen molar-refractivity contribution in [2.45, 2.75) is 26.0 Å². The minimum Gasteiger partial charge on any atom is -0.434 e. The van der Waals surface area contributed by atoms with Gasteiger partial charge in [0.25, 0.3) is 0 Å². The third-order valence-corrected chi connectivity index (χ3v) is 3.61. The first-order chi connectivity index (χ1) is 9.60. The average Bonchev–Trinajstić information content (AvgIpc) is 2.82. The molecule has 2 aromatic rings. The predicted molar refractivity (Wildman–Crippen MR) is 73.7 cm³/mol. The number of nitrogens with zero attached hydrogens (tertiary/aromatic N) is 1. The smallest absolute Gasteiger partial charge is 0.387 e. The average molecular weight is 299 g/mol. The molecule has 4 nitrogen and oxygen atoms in total. The lowest BCUT2D eigenvalue weighted by Crippen LogP contribution is -2.30. The number of nitrogens with two attached hydrogens (primary N) is 1. The molecule has 1 heterocycles. The third-order valence-electron chi connectivity index (χ3n) is 2.79. The SMILES string of the molecule is Cc1nc(CC(NN)c2ccccc2OC(F)F)cs1. The van der Waals surface area contributed by atoms with E-state index in [0.29, 0.717) is 12.0 Å². The zero-order valence-electron chi connectivity index (χ0n) is 10.8. The zero-order chi connectivity index (χ0) is 14.5. The van der Waals surface area contributed by atoms with Crippen LogP contribution in [0, 0.1) is 6.92 Å². The number of aryl methyl sites for hydroxylation is 1. The summed E-state index contributed by atoms with van der Waals surface area (Å²) >= 11 is 1.54. The maximum absolute atomic E-state index is 12.4. The first-order valence-corrected chi connectivity index (χ1v) is 6.89. The summed E-state index contributed by atoms with van der Waals surface area (Å²) < 4.78 is 29.4. The van der Waals surface area contributed by atoms with Crippen LogP contribution >= 0.6 is 11.3 Å². The van der Waals surface area contributed by atoms with Gasteiger partial charge >= 0.3 is 6.61 Å². The minimum atomic E-state index is -2.86. The number of para-hydroxylation sites is 1. The van der Waals surface area contributed by atoms with Crippen LogP contribution in [-0.2, 0) is 6.42 Å². The van der Waals surface area contributed by atoms with Crippen LogP contribution in [0.2, 0.25) is 0 Å². The maximum Gasteiger partial charge on any atom is 0.387 e. The lowest BCUT2D eigenvalue weighted by molar-refractivity contribution is -0.0507. The standard InChI is InChI=1S/C13H15F2N3OS/c1-8-17-9(7-20-8)6-11(18-16)10-4-2-3-5-12(10)19-13(14)15/h2-5,7,11,13,18H,6,16H2,1H3. The number of thiazole rings is 1. The van der Waals surface area contributed by atoms with Crippen molar-refractivity contribution in [1.82, 2.24) is 10.4 Å². The summed E-state index contributed by atoms with van der Waals surface area (Å²) in [5, 5.41) is 2.88. The molecule has 1 aromatic heterocycles. The summed E-state index contributed by atoms with van der Waals surface area (Å²) in [7, 11) is 0. The van der Waals surface area contributed by atoms with Gasteiger partial charge in [-0.05, 0) is 13.0 Å². The molecule has 1 unspecified atom stereocenters. The van der Waals surface area contributed by atoms with Crippen LogP contribution < -0.4 is 16.0 Å². The molecular weight excluding hydrogens is 284 g/mol. The van der Waals surface area contributed by atoms with Crippen molar-refractivity contribution in [1.29, 1.82) is 0 Å². The number of halogens is 2. The van der Waals surface area contributed by atoms with Crippen molar-refractivity contribution in [3.05, 3.63) is 45.9 Å². The van der Waals surface area contributed by atoms with E-state index in [2.05, 4.69) is 15.1 Å². The lowest BCUT2D eigenvalue weighted by atomic mass is 10.0. The fourth-order valence-corrected chi connectivity index (χ4v) is 2.57. The van der Waals surface area contributed by atoms with Gasteiger partial charge < -0.3 is 4.74 Å². The summed E-state index contributed by atoms with van der Waals surface area (Å²) in [5.41, 5.74) is 4.08. The van der Waals surface area contributed by atoms with Crippen LogP contribution in [0.15, 0.2) is 29.6 Å². The molecule has 0 bridgehead atoms. The fraction of sp³-hybridized carbons (Fsp3) is 0.308. The number of hydrogen-bond acceptors (Lipinski definition) is 5. The molecule has 0 radical (unpaired) electrons. The van der Waals surface area contributed by atoms with E-state index < -0.39 is 6.61 Å². The first kappa shape index (κ1) is 14.8. The number of aromatic nitrogens is 1. The molecule has 1 aromatic carbocycles. The molecule has 20 heavy (non-hydrogen) atoms. The summed E-state index contributed by atoms with van der Waals surface area (Å²) in [6.07, 6.45) is 0.504. The maximum atomic E-state index is 12.4. The molecular formula is C13H15F2N3OS. The van der Waals surface area contributed by atoms with Crippen LogP contribution in [0.3, 0.4) is 0 Å². The van der Waals surface area contributed by atoms with Crippen LogP contribution in [0.4, 0.5) is 8.78 Å². The molecule has 3 N–H and O–H groups in total. The highest BCUT2D eigenvalue weighted by atomic mass is 32.1. The van der Waals surface area contributed by atoms with Gasteiger partial charge in [-0.15, -0.1) is 11.3 Å². The molecule has 108 valence electrons. The van der Waals surface area contributed by atoms with E-state index in [1.165, 1.54) is 17.4 Å². The molecule has 0 saturated heterocycles. The lowest BCUT2D eigenvalue weighted by Gasteiger charge is -2.18. The quantitative estimate of drug-likeness (QED) is 0.636.